The topological polar surface area (TPSA) is 23.5 Å². The third-order valence-electron chi connectivity index (χ3n) is 5.03. The summed E-state index contributed by atoms with van der Waals surface area (Å²) in [4.78, 5) is 2.36. The SMILES string of the molecule is Cc1cc(C)c(C)c(N(C)CC2(CO)CCC2)c1C. The molecule has 1 aliphatic carbocycles. The summed E-state index contributed by atoms with van der Waals surface area (Å²) in [6, 6.07) is 2.27. The van der Waals surface area contributed by atoms with Crippen molar-refractivity contribution in [1.29, 1.82) is 0 Å². The molecule has 0 atom stereocenters. The summed E-state index contributed by atoms with van der Waals surface area (Å²) in [7, 11) is 2.17. The van der Waals surface area contributed by atoms with Gasteiger partial charge in [-0.1, -0.05) is 12.5 Å². The predicted molar refractivity (Wildman–Crippen MR) is 82.0 cm³/mol. The van der Waals surface area contributed by atoms with Gasteiger partial charge in [-0.25, -0.2) is 0 Å². The van der Waals surface area contributed by atoms with Crippen molar-refractivity contribution in [1.82, 2.24) is 0 Å². The summed E-state index contributed by atoms with van der Waals surface area (Å²) < 4.78 is 0. The van der Waals surface area contributed by atoms with Crippen molar-refractivity contribution in [2.45, 2.75) is 47.0 Å². The Bertz CT molecular complexity index is 443. The van der Waals surface area contributed by atoms with Gasteiger partial charge in [-0.3, -0.25) is 0 Å². The van der Waals surface area contributed by atoms with Crippen LogP contribution in [0.15, 0.2) is 6.07 Å². The second kappa shape index (κ2) is 5.16. The fourth-order valence-corrected chi connectivity index (χ4v) is 3.39. The van der Waals surface area contributed by atoms with E-state index in [9.17, 15) is 5.11 Å². The average Bonchev–Trinajstić information content (AvgIpc) is 2.32. The van der Waals surface area contributed by atoms with Crippen molar-refractivity contribution in [3.05, 3.63) is 28.3 Å². The zero-order valence-electron chi connectivity index (χ0n) is 13.0. The maximum Gasteiger partial charge on any atom is 0.0504 e. The molecule has 0 saturated heterocycles. The van der Waals surface area contributed by atoms with E-state index in [0.717, 1.165) is 19.4 Å². The molecule has 19 heavy (non-hydrogen) atoms. The Kier molecular flexibility index (Phi) is 3.91. The second-order valence-electron chi connectivity index (χ2n) is 6.48. The van der Waals surface area contributed by atoms with Crippen LogP contribution in [0.3, 0.4) is 0 Å². The van der Waals surface area contributed by atoms with Gasteiger partial charge in [-0.2, -0.15) is 0 Å². The number of aryl methyl sites for hydroxylation is 2. The Morgan fingerprint density at radius 3 is 2.00 bits per heavy atom. The Labute approximate surface area is 117 Å². The van der Waals surface area contributed by atoms with Gasteiger partial charge in [0.05, 0.1) is 6.61 Å². The van der Waals surface area contributed by atoms with Crippen molar-refractivity contribution >= 4 is 5.69 Å². The summed E-state index contributed by atoms with van der Waals surface area (Å²) >= 11 is 0. The minimum Gasteiger partial charge on any atom is -0.396 e. The molecule has 1 aliphatic rings. The molecule has 0 aliphatic heterocycles. The van der Waals surface area contributed by atoms with Crippen LogP contribution >= 0.6 is 0 Å². The first-order chi connectivity index (χ1) is 8.90. The number of aliphatic hydroxyl groups is 1. The van der Waals surface area contributed by atoms with Crippen molar-refractivity contribution in [2.75, 3.05) is 25.1 Å². The van der Waals surface area contributed by atoms with Gasteiger partial charge in [-0.05, 0) is 62.8 Å². The van der Waals surface area contributed by atoms with Crippen molar-refractivity contribution in [3.8, 4) is 0 Å². The van der Waals surface area contributed by atoms with Crippen molar-refractivity contribution < 1.29 is 5.11 Å². The van der Waals surface area contributed by atoms with Crippen LogP contribution in [0, 0.1) is 33.1 Å². The van der Waals surface area contributed by atoms with Crippen molar-refractivity contribution in [2.24, 2.45) is 5.41 Å². The van der Waals surface area contributed by atoms with E-state index in [1.54, 1.807) is 0 Å². The maximum absolute atomic E-state index is 9.65. The van der Waals surface area contributed by atoms with Gasteiger partial charge >= 0.3 is 0 Å². The first-order valence-corrected chi connectivity index (χ1v) is 7.29. The first-order valence-electron chi connectivity index (χ1n) is 7.29. The number of rotatable bonds is 4. The monoisotopic (exact) mass is 261 g/mol. The zero-order valence-corrected chi connectivity index (χ0v) is 13.0. The van der Waals surface area contributed by atoms with Crippen LogP contribution in [-0.4, -0.2) is 25.3 Å². The lowest BCUT2D eigenvalue weighted by molar-refractivity contribution is 0.0524. The highest BCUT2D eigenvalue weighted by Gasteiger charge is 2.37. The number of hydrogen-bond donors (Lipinski definition) is 1. The van der Waals surface area contributed by atoms with Crippen molar-refractivity contribution in [3.63, 3.8) is 0 Å². The van der Waals surface area contributed by atoms with Crippen LogP contribution < -0.4 is 4.90 Å². The second-order valence-corrected chi connectivity index (χ2v) is 6.48. The van der Waals surface area contributed by atoms with E-state index in [1.165, 1.54) is 34.4 Å². The molecule has 106 valence electrons. The quantitative estimate of drug-likeness (QED) is 0.896. The molecule has 2 heteroatoms. The summed E-state index contributed by atoms with van der Waals surface area (Å²) in [5.74, 6) is 0. The van der Waals surface area contributed by atoms with E-state index < -0.39 is 0 Å². The van der Waals surface area contributed by atoms with Gasteiger partial charge in [0.2, 0.25) is 0 Å². The lowest BCUT2D eigenvalue weighted by atomic mass is 9.69. The third-order valence-corrected chi connectivity index (χ3v) is 5.03. The van der Waals surface area contributed by atoms with Crippen LogP contribution in [0.1, 0.15) is 41.5 Å². The summed E-state index contributed by atoms with van der Waals surface area (Å²) in [5, 5.41) is 9.65. The highest BCUT2D eigenvalue weighted by Crippen LogP contribution is 2.42. The standard InChI is InChI=1S/C17H27NO/c1-12-9-13(2)15(4)16(14(12)3)18(5)10-17(11-19)7-6-8-17/h9,19H,6-8,10-11H2,1-5H3. The highest BCUT2D eigenvalue weighted by atomic mass is 16.3. The van der Waals surface area contributed by atoms with Gasteiger partial charge in [-0.15, -0.1) is 0 Å². The number of nitrogens with zero attached hydrogens (tertiary/aromatic N) is 1. The molecular formula is C17H27NO. The lowest BCUT2D eigenvalue weighted by Gasteiger charge is -2.44. The maximum atomic E-state index is 9.65. The Morgan fingerprint density at radius 1 is 1.11 bits per heavy atom. The minimum absolute atomic E-state index is 0.144. The molecule has 0 bridgehead atoms. The van der Waals surface area contributed by atoms with Gasteiger partial charge in [0.25, 0.3) is 0 Å². The van der Waals surface area contributed by atoms with E-state index in [2.05, 4.69) is 45.7 Å². The van der Waals surface area contributed by atoms with Gasteiger partial charge in [0.15, 0.2) is 0 Å². The number of aliphatic hydroxyl groups excluding tert-OH is 1. The first kappa shape index (κ1) is 14.4. The smallest absolute Gasteiger partial charge is 0.0504 e. The zero-order chi connectivity index (χ0) is 14.2. The number of anilines is 1. The largest absolute Gasteiger partial charge is 0.396 e. The molecule has 0 unspecified atom stereocenters. The van der Waals surface area contributed by atoms with E-state index in [4.69, 9.17) is 0 Å². The van der Waals surface area contributed by atoms with E-state index >= 15 is 0 Å². The fraction of sp³-hybridized carbons (Fsp3) is 0.647. The van der Waals surface area contributed by atoms with Crippen LogP contribution in [0.4, 0.5) is 5.69 Å². The van der Waals surface area contributed by atoms with Crippen LogP contribution in [0.5, 0.6) is 0 Å². The third kappa shape index (κ3) is 2.51. The molecule has 0 aromatic heterocycles. The van der Waals surface area contributed by atoms with Gasteiger partial charge < -0.3 is 10.0 Å². The molecule has 1 saturated carbocycles. The molecule has 2 nitrogen and oxygen atoms in total. The van der Waals surface area contributed by atoms with E-state index in [0.29, 0.717) is 6.61 Å². The molecule has 1 fully saturated rings. The Hall–Kier alpha value is -1.02. The average molecular weight is 261 g/mol. The summed E-state index contributed by atoms with van der Waals surface area (Å²) in [6.07, 6.45) is 3.59. The highest BCUT2D eigenvalue weighted by molar-refractivity contribution is 5.63. The molecule has 1 N–H and O–H groups in total. The molecule has 1 aromatic rings. The molecule has 0 spiro atoms. The van der Waals surface area contributed by atoms with Crippen LogP contribution in [0.2, 0.25) is 0 Å². The minimum atomic E-state index is 0.144. The predicted octanol–water partition coefficient (Wildman–Crippen LogP) is 3.52. The van der Waals surface area contributed by atoms with Crippen LogP contribution in [0.25, 0.3) is 0 Å². The Morgan fingerprint density at radius 2 is 1.63 bits per heavy atom. The molecule has 0 heterocycles. The van der Waals surface area contributed by atoms with E-state index in [1.807, 2.05) is 0 Å². The molecule has 2 rings (SSSR count). The van der Waals surface area contributed by atoms with Gasteiger partial charge in [0, 0.05) is 24.7 Å². The Balaban J connectivity index is 2.31. The van der Waals surface area contributed by atoms with Gasteiger partial charge in [0.1, 0.15) is 0 Å². The lowest BCUT2D eigenvalue weighted by Crippen LogP contribution is -2.44. The number of hydrogen-bond acceptors (Lipinski definition) is 2. The van der Waals surface area contributed by atoms with E-state index in [-0.39, 0.29) is 5.41 Å². The number of benzene rings is 1. The molecule has 0 radical (unpaired) electrons. The summed E-state index contributed by atoms with van der Waals surface area (Å²) in [6.45, 7) is 10.1. The van der Waals surface area contributed by atoms with Crippen LogP contribution in [-0.2, 0) is 0 Å². The summed E-state index contributed by atoms with van der Waals surface area (Å²) in [5.41, 5.74) is 6.96. The molecule has 0 amide bonds. The molecule has 1 aromatic carbocycles. The normalized spacial score (nSPS) is 17.2. The molecular weight excluding hydrogens is 234 g/mol. The fourth-order valence-electron chi connectivity index (χ4n) is 3.39.